The smallest absolute Gasteiger partial charge is 0.114 e. The molecule has 0 nitrogen and oxygen atoms in total. The molecule has 0 saturated heterocycles. The van der Waals surface area contributed by atoms with E-state index in [9.17, 15) is 0 Å². The fourth-order valence-corrected chi connectivity index (χ4v) is 0. The van der Waals surface area contributed by atoms with Gasteiger partial charge >= 0.3 is 0 Å². The molecule has 0 heterocycles. The van der Waals surface area contributed by atoms with Crippen LogP contribution in [0.5, 0.6) is 0 Å². The number of rotatable bonds is 0. The van der Waals surface area contributed by atoms with Crippen LogP contribution in [0.2, 0.25) is 13.6 Å². The number of hydrogen-bond acceptors (Lipinski definition) is 0. The Morgan fingerprint density at radius 2 is 1.60 bits per heavy atom. The summed E-state index contributed by atoms with van der Waals surface area (Å²) < 4.78 is 6.58. The van der Waals surface area contributed by atoms with Gasteiger partial charge in [-0.05, 0) is 1.34 Å². The van der Waals surface area contributed by atoms with Crippen molar-refractivity contribution in [3.63, 3.8) is 0 Å². The molecule has 0 aromatic carbocycles. The van der Waals surface area contributed by atoms with E-state index >= 15 is 0 Å². The quantitative estimate of drug-likeness (QED) is 0.364. The normalized spacial score (nSPS) is 5.60. The van der Waals surface area contributed by atoms with Crippen molar-refractivity contribution in [1.29, 1.82) is 1.34 Å². The molecule has 0 aromatic rings. The van der Waals surface area contributed by atoms with Crippen LogP contribution in [0.1, 0.15) is 0 Å². The van der Waals surface area contributed by atoms with Crippen LogP contribution in [-0.2, 0) is 32.7 Å². The maximum absolute atomic E-state index is 6.58. The summed E-state index contributed by atoms with van der Waals surface area (Å²) in [5, 5.41) is 0. The predicted molar refractivity (Wildman–Crippen MR) is 30.0 cm³/mol. The Labute approximate surface area is 64.6 Å². The number of hydrogen-bond donors (Lipinski definition) is 0. The monoisotopic (exact) mass is 166 g/mol. The van der Waals surface area contributed by atoms with Gasteiger partial charge in [-0.25, -0.2) is 0 Å². The second-order valence-electron chi connectivity index (χ2n) is 0.577. The third-order valence-corrected chi connectivity index (χ3v) is 0. The molecule has 29 valence electrons. The molecule has 0 fully saturated rings. The minimum atomic E-state index is 0. The van der Waals surface area contributed by atoms with Crippen LogP contribution in [0.4, 0.5) is 0 Å². The SMILES string of the molecule is P.[2H]B(C)C.[Y]. The minimum absolute atomic E-state index is 0. The zero-order valence-electron chi connectivity index (χ0n) is 4.86. The van der Waals surface area contributed by atoms with Crippen molar-refractivity contribution in [3.05, 3.63) is 0 Å². The summed E-state index contributed by atoms with van der Waals surface area (Å²) >= 11 is 0. The van der Waals surface area contributed by atoms with E-state index in [2.05, 4.69) is 0 Å². The summed E-state index contributed by atoms with van der Waals surface area (Å²) in [5.74, 6) is 0. The largest absolute Gasteiger partial charge is 0.153 e. The Morgan fingerprint density at radius 3 is 1.60 bits per heavy atom. The van der Waals surface area contributed by atoms with Crippen LogP contribution in [0, 0.1) is 0 Å². The molecule has 0 spiro atoms. The van der Waals surface area contributed by atoms with Gasteiger partial charge in [0.2, 0.25) is 0 Å². The summed E-state index contributed by atoms with van der Waals surface area (Å²) in [7, 11) is 0.0833. The second-order valence-corrected chi connectivity index (χ2v) is 0.577. The van der Waals surface area contributed by atoms with Crippen molar-refractivity contribution in [2.24, 2.45) is 0 Å². The summed E-state index contributed by atoms with van der Waals surface area (Å²) in [5.41, 5.74) is 0. The molecule has 0 amide bonds. The Balaban J connectivity index is -0.0000000450. The van der Waals surface area contributed by atoms with E-state index in [1.165, 1.54) is 0 Å². The van der Waals surface area contributed by atoms with E-state index in [-0.39, 0.29) is 49.9 Å². The molecular weight excluding hydrogens is 155 g/mol. The molecule has 0 rings (SSSR count). The van der Waals surface area contributed by atoms with Gasteiger partial charge in [0.1, 0.15) is 7.24 Å². The van der Waals surface area contributed by atoms with E-state index in [0.29, 0.717) is 0 Å². The van der Waals surface area contributed by atoms with E-state index in [1.807, 2.05) is 13.6 Å². The topological polar surface area (TPSA) is 0 Å². The molecule has 0 bridgehead atoms. The van der Waals surface area contributed by atoms with Crippen molar-refractivity contribution < 1.29 is 32.7 Å². The first-order valence-electron chi connectivity index (χ1n) is 1.73. The average Bonchev–Trinajstić information content (AvgIpc) is 0.811. The Morgan fingerprint density at radius 1 is 1.60 bits per heavy atom. The molecule has 0 aliphatic carbocycles. The summed E-state index contributed by atoms with van der Waals surface area (Å²) in [6.45, 7) is 3.67. The van der Waals surface area contributed by atoms with Gasteiger partial charge in [-0.3, -0.25) is 0 Å². The van der Waals surface area contributed by atoms with Crippen molar-refractivity contribution >= 4 is 17.1 Å². The Hall–Kier alpha value is 1.60. The fourth-order valence-electron chi connectivity index (χ4n) is 0. The van der Waals surface area contributed by atoms with Crippen LogP contribution in [-0.4, -0.2) is 8.58 Å². The van der Waals surface area contributed by atoms with Gasteiger partial charge in [-0.1, -0.05) is 13.6 Å². The molecule has 1 radical (unpaired) electrons. The van der Waals surface area contributed by atoms with Crippen LogP contribution in [0.3, 0.4) is 0 Å². The van der Waals surface area contributed by atoms with Gasteiger partial charge in [0, 0.05) is 32.7 Å². The van der Waals surface area contributed by atoms with Crippen molar-refractivity contribution in [1.82, 2.24) is 0 Å². The zero-order valence-corrected chi connectivity index (χ0v) is 8.11. The predicted octanol–water partition coefficient (Wildman–Crippen LogP) is 0.575. The first kappa shape index (κ1) is 9.78. The third kappa shape index (κ3) is 28.4. The van der Waals surface area contributed by atoms with Crippen LogP contribution in [0.25, 0.3) is 0 Å². The second kappa shape index (κ2) is 17.5. The van der Waals surface area contributed by atoms with Gasteiger partial charge < -0.3 is 0 Å². The van der Waals surface area contributed by atoms with E-state index < -0.39 is 0 Å². The van der Waals surface area contributed by atoms with Crippen LogP contribution < -0.4 is 0 Å². The van der Waals surface area contributed by atoms with Gasteiger partial charge in [-0.15, -0.1) is 0 Å². The molecule has 0 N–H and O–H groups in total. The Kier molecular flexibility index (Phi) is 34.3. The summed E-state index contributed by atoms with van der Waals surface area (Å²) in [6.07, 6.45) is 0. The standard InChI is InChI=1S/C2H7B.H3P.Y/c1-3-2;;/h3H,1-2H3;1H3;/i3D;;. The van der Waals surface area contributed by atoms with Crippen molar-refractivity contribution in [2.75, 3.05) is 0 Å². The summed E-state index contributed by atoms with van der Waals surface area (Å²) in [4.78, 5) is 0. The van der Waals surface area contributed by atoms with E-state index in [0.717, 1.165) is 0 Å². The van der Waals surface area contributed by atoms with E-state index in [1.54, 1.807) is 0 Å². The van der Waals surface area contributed by atoms with Crippen molar-refractivity contribution in [3.8, 4) is 0 Å². The van der Waals surface area contributed by atoms with Gasteiger partial charge in [0.15, 0.2) is 0 Å². The molecule has 0 aliphatic rings. The average molecular weight is 166 g/mol. The zero-order chi connectivity index (χ0) is 3.58. The molecule has 0 aromatic heterocycles. The Bertz CT molecular complexity index is 18.3. The molecule has 1 atom stereocenters. The van der Waals surface area contributed by atoms with Crippen LogP contribution in [0.15, 0.2) is 0 Å². The first-order chi connectivity index (χ1) is 1.73. The maximum atomic E-state index is 6.58. The maximum Gasteiger partial charge on any atom is 0.114 e. The van der Waals surface area contributed by atoms with E-state index in [4.69, 9.17) is 1.34 Å². The third-order valence-electron chi connectivity index (χ3n) is 0. The van der Waals surface area contributed by atoms with Gasteiger partial charge in [-0.2, -0.15) is 9.90 Å². The van der Waals surface area contributed by atoms with Crippen LogP contribution >= 0.6 is 9.90 Å². The molecule has 0 aliphatic heterocycles. The van der Waals surface area contributed by atoms with Gasteiger partial charge in [0.05, 0.1) is 0 Å². The first-order valence-corrected chi connectivity index (χ1v) is 1.15. The molecule has 3 heteroatoms. The fraction of sp³-hybridized carbons (Fsp3) is 1.00. The minimum Gasteiger partial charge on any atom is -0.153 e. The summed E-state index contributed by atoms with van der Waals surface area (Å²) in [6, 6.07) is 0. The van der Waals surface area contributed by atoms with Crippen molar-refractivity contribution in [2.45, 2.75) is 13.6 Å². The molecular formula is C2H10BPY. The van der Waals surface area contributed by atoms with Gasteiger partial charge in [0.25, 0.3) is 0 Å². The molecule has 0 saturated carbocycles. The molecule has 5 heavy (non-hydrogen) atoms. The molecule has 1 unspecified atom stereocenters.